The molecule has 3 nitrogen and oxygen atoms in total. The normalized spacial score (nSPS) is 32.3. The summed E-state index contributed by atoms with van der Waals surface area (Å²) in [5, 5.41) is 0. The van der Waals surface area contributed by atoms with Gasteiger partial charge in [-0.15, -0.1) is 0 Å². The van der Waals surface area contributed by atoms with Crippen LogP contribution in [0.1, 0.15) is 25.7 Å². The Labute approximate surface area is 83.3 Å². The van der Waals surface area contributed by atoms with Crippen LogP contribution >= 0.6 is 0 Å². The quantitative estimate of drug-likeness (QED) is 0.688. The predicted octanol–water partition coefficient (Wildman–Crippen LogP) is 2.66. The number of furan rings is 1. The van der Waals surface area contributed by atoms with Crippen molar-refractivity contribution in [2.75, 3.05) is 0 Å². The first kappa shape index (κ1) is 9.34. The molecule has 1 aliphatic rings. The van der Waals surface area contributed by atoms with Gasteiger partial charge in [0.15, 0.2) is 0 Å². The molecule has 0 amide bonds. The van der Waals surface area contributed by atoms with Gasteiger partial charge in [0.2, 0.25) is 0 Å². The first-order chi connectivity index (χ1) is 6.77. The molecule has 1 aliphatic heterocycles. The maximum absolute atomic E-state index is 5.76. The lowest BCUT2D eigenvalue weighted by molar-refractivity contribution is -0.0417. The molecule has 3 unspecified atom stereocenters. The summed E-state index contributed by atoms with van der Waals surface area (Å²) in [7, 11) is 0. The average Bonchev–Trinajstić information content (AvgIpc) is 2.63. The highest BCUT2D eigenvalue weighted by molar-refractivity contribution is 5.09. The van der Waals surface area contributed by atoms with Gasteiger partial charge in [-0.2, -0.15) is 0 Å². The van der Waals surface area contributed by atoms with Crippen molar-refractivity contribution in [2.45, 2.75) is 32.2 Å². The fraction of sp³-hybridized carbons (Fsp3) is 0.455. The van der Waals surface area contributed by atoms with Crippen LogP contribution in [0.4, 0.5) is 0 Å². The van der Waals surface area contributed by atoms with E-state index in [1.54, 1.807) is 12.5 Å². The van der Waals surface area contributed by atoms with Crippen LogP contribution in [0.25, 0.3) is 0 Å². The molecule has 0 N–H and O–H groups in total. The van der Waals surface area contributed by atoms with Crippen molar-refractivity contribution < 1.29 is 13.9 Å². The zero-order chi connectivity index (χ0) is 9.97. The third-order valence-electron chi connectivity index (χ3n) is 2.39. The molecule has 0 bridgehead atoms. The van der Waals surface area contributed by atoms with E-state index in [2.05, 4.69) is 0 Å². The Morgan fingerprint density at radius 1 is 1.21 bits per heavy atom. The molecule has 3 heteroatoms. The van der Waals surface area contributed by atoms with Gasteiger partial charge in [-0.3, -0.25) is 0 Å². The summed E-state index contributed by atoms with van der Waals surface area (Å²) in [6, 6.07) is 3.75. The minimum atomic E-state index is -0.134. The van der Waals surface area contributed by atoms with E-state index < -0.39 is 0 Å². The zero-order valence-corrected chi connectivity index (χ0v) is 8.34. The van der Waals surface area contributed by atoms with Gasteiger partial charge in [0, 0.05) is 0 Å². The summed E-state index contributed by atoms with van der Waals surface area (Å²) in [4.78, 5) is 0. The summed E-state index contributed by atoms with van der Waals surface area (Å²) < 4.78 is 16.4. The Kier molecular flexibility index (Phi) is 2.59. The van der Waals surface area contributed by atoms with Crippen molar-refractivity contribution in [1.29, 1.82) is 0 Å². The van der Waals surface area contributed by atoms with Crippen LogP contribution in [0.15, 0.2) is 35.2 Å². The van der Waals surface area contributed by atoms with E-state index in [-0.39, 0.29) is 18.3 Å². The van der Waals surface area contributed by atoms with Crippen molar-refractivity contribution >= 4 is 0 Å². The van der Waals surface area contributed by atoms with Gasteiger partial charge in [0.25, 0.3) is 0 Å². The Balaban J connectivity index is 2.14. The second-order valence-electron chi connectivity index (χ2n) is 3.45. The van der Waals surface area contributed by atoms with Crippen molar-refractivity contribution in [2.24, 2.45) is 0 Å². The second kappa shape index (κ2) is 3.88. The lowest BCUT2D eigenvalue weighted by atomic mass is 10.2. The van der Waals surface area contributed by atoms with E-state index in [9.17, 15) is 0 Å². The molecule has 2 heterocycles. The second-order valence-corrected chi connectivity index (χ2v) is 3.45. The van der Waals surface area contributed by atoms with Gasteiger partial charge >= 0.3 is 0 Å². The van der Waals surface area contributed by atoms with E-state index in [0.717, 1.165) is 5.76 Å². The molecular formula is C11H14O3. The first-order valence-electron chi connectivity index (χ1n) is 4.78. The van der Waals surface area contributed by atoms with Crippen molar-refractivity contribution in [3.05, 3.63) is 36.5 Å². The van der Waals surface area contributed by atoms with E-state index in [4.69, 9.17) is 13.9 Å². The fourth-order valence-corrected chi connectivity index (χ4v) is 1.35. The van der Waals surface area contributed by atoms with E-state index in [1.807, 2.05) is 32.1 Å². The molecular weight excluding hydrogens is 180 g/mol. The molecule has 0 saturated heterocycles. The highest BCUT2D eigenvalue weighted by atomic mass is 16.6. The molecule has 76 valence electrons. The van der Waals surface area contributed by atoms with Crippen LogP contribution < -0.4 is 0 Å². The van der Waals surface area contributed by atoms with Gasteiger partial charge in [0.05, 0.1) is 18.6 Å². The third kappa shape index (κ3) is 1.82. The van der Waals surface area contributed by atoms with Gasteiger partial charge in [-0.25, -0.2) is 0 Å². The summed E-state index contributed by atoms with van der Waals surface area (Å²) in [5.41, 5.74) is 0. The number of ether oxygens (including phenoxy) is 2. The SMILES string of the molecule is CC1OC=CC(c2ccco2)OC1C. The molecule has 0 fully saturated rings. The van der Waals surface area contributed by atoms with Crippen LogP contribution in [0.2, 0.25) is 0 Å². The summed E-state index contributed by atoms with van der Waals surface area (Å²) in [6.45, 7) is 3.98. The maximum atomic E-state index is 5.76. The standard InChI is InChI=1S/C11H14O3/c1-8-9(2)14-11(5-7-12-8)10-4-3-6-13-10/h3-9,11H,1-2H3. The minimum absolute atomic E-state index is 0.0556. The first-order valence-corrected chi connectivity index (χ1v) is 4.78. The molecule has 3 atom stereocenters. The van der Waals surface area contributed by atoms with Crippen molar-refractivity contribution in [3.8, 4) is 0 Å². The zero-order valence-electron chi connectivity index (χ0n) is 8.34. The van der Waals surface area contributed by atoms with Crippen LogP contribution in [0, 0.1) is 0 Å². The van der Waals surface area contributed by atoms with Crippen LogP contribution in [0.3, 0.4) is 0 Å². The number of hydrogen-bond acceptors (Lipinski definition) is 3. The van der Waals surface area contributed by atoms with Crippen molar-refractivity contribution in [3.63, 3.8) is 0 Å². The fourth-order valence-electron chi connectivity index (χ4n) is 1.35. The van der Waals surface area contributed by atoms with E-state index in [0.29, 0.717) is 0 Å². The number of rotatable bonds is 1. The van der Waals surface area contributed by atoms with Gasteiger partial charge < -0.3 is 13.9 Å². The molecule has 0 aliphatic carbocycles. The largest absolute Gasteiger partial charge is 0.496 e. The minimum Gasteiger partial charge on any atom is -0.496 e. The third-order valence-corrected chi connectivity index (χ3v) is 2.39. The molecule has 0 spiro atoms. The average molecular weight is 194 g/mol. The van der Waals surface area contributed by atoms with Crippen molar-refractivity contribution in [1.82, 2.24) is 0 Å². The Morgan fingerprint density at radius 2 is 2.07 bits per heavy atom. The monoisotopic (exact) mass is 194 g/mol. The lowest BCUT2D eigenvalue weighted by Gasteiger charge is -2.19. The van der Waals surface area contributed by atoms with Crippen LogP contribution in [0.5, 0.6) is 0 Å². The van der Waals surface area contributed by atoms with Crippen LogP contribution in [-0.2, 0) is 9.47 Å². The molecule has 0 aromatic carbocycles. The molecule has 1 aromatic rings. The van der Waals surface area contributed by atoms with Crippen LogP contribution in [-0.4, -0.2) is 12.2 Å². The Bertz CT molecular complexity index is 302. The molecule has 1 aromatic heterocycles. The summed E-state index contributed by atoms with van der Waals surface area (Å²) >= 11 is 0. The Morgan fingerprint density at radius 3 is 2.79 bits per heavy atom. The maximum Gasteiger partial charge on any atom is 0.137 e. The lowest BCUT2D eigenvalue weighted by Crippen LogP contribution is -2.23. The van der Waals surface area contributed by atoms with Gasteiger partial charge in [0.1, 0.15) is 18.0 Å². The smallest absolute Gasteiger partial charge is 0.137 e. The topological polar surface area (TPSA) is 31.6 Å². The highest BCUT2D eigenvalue weighted by Crippen LogP contribution is 2.25. The molecule has 0 radical (unpaired) electrons. The Hall–Kier alpha value is -1.22. The van der Waals surface area contributed by atoms with Gasteiger partial charge in [-0.1, -0.05) is 0 Å². The van der Waals surface area contributed by atoms with Gasteiger partial charge in [-0.05, 0) is 32.1 Å². The molecule has 0 saturated carbocycles. The molecule has 14 heavy (non-hydrogen) atoms. The predicted molar refractivity (Wildman–Crippen MR) is 51.7 cm³/mol. The van der Waals surface area contributed by atoms with E-state index >= 15 is 0 Å². The summed E-state index contributed by atoms with van der Waals surface area (Å²) in [6.07, 6.45) is 5.18. The molecule has 2 rings (SSSR count). The highest BCUT2D eigenvalue weighted by Gasteiger charge is 2.22. The summed E-state index contributed by atoms with van der Waals surface area (Å²) in [5.74, 6) is 0.811. The van der Waals surface area contributed by atoms with E-state index in [1.165, 1.54) is 0 Å². The number of hydrogen-bond donors (Lipinski definition) is 0.